The Balaban J connectivity index is 2.95. The van der Waals surface area contributed by atoms with Gasteiger partial charge in [-0.15, -0.1) is 0 Å². The topological polar surface area (TPSA) is 79.0 Å². The van der Waals surface area contributed by atoms with Crippen molar-refractivity contribution in [2.24, 2.45) is 5.73 Å². The van der Waals surface area contributed by atoms with Crippen LogP contribution in [-0.2, 0) is 4.79 Å². The van der Waals surface area contributed by atoms with E-state index < -0.39 is 29.0 Å². The Hall–Kier alpha value is -2.64. The minimum atomic E-state index is -4.77. The third-order valence-corrected chi connectivity index (χ3v) is 2.34. The van der Waals surface area contributed by atoms with Crippen LogP contribution in [0.3, 0.4) is 0 Å². The lowest BCUT2D eigenvalue weighted by molar-refractivity contribution is -0.112. The number of carbonyl (C=O) groups is 1. The van der Waals surface area contributed by atoms with Crippen LogP contribution in [-0.4, -0.2) is 18.3 Å². The van der Waals surface area contributed by atoms with Gasteiger partial charge in [-0.3, -0.25) is 4.79 Å². The van der Waals surface area contributed by atoms with Crippen molar-refractivity contribution in [1.82, 2.24) is 0 Å². The van der Waals surface area contributed by atoms with Gasteiger partial charge in [0.2, 0.25) is 0 Å². The molecule has 0 aliphatic carbocycles. The molecule has 1 aromatic rings. The van der Waals surface area contributed by atoms with Gasteiger partial charge in [0.05, 0.1) is 11.1 Å². The summed E-state index contributed by atoms with van der Waals surface area (Å²) in [5.74, 6) is -1.43. The number of hydrogen-bond acceptors (Lipinski definition) is 3. The molecule has 0 heterocycles. The Morgan fingerprint density at radius 2 is 1.81 bits per heavy atom. The highest BCUT2D eigenvalue weighted by atomic mass is 19.4. The summed E-state index contributed by atoms with van der Waals surface area (Å²) in [4.78, 5) is 11.8. The summed E-state index contributed by atoms with van der Waals surface area (Å²) in [6, 6.07) is 4.64. The summed E-state index contributed by atoms with van der Waals surface area (Å²) in [5, 5.41) is 8.98. The first-order valence-corrected chi connectivity index (χ1v) is 5.56. The van der Waals surface area contributed by atoms with Crippen LogP contribution >= 0.6 is 0 Å². The number of allylic oxidation sites excluding steroid dienone is 1. The Kier molecular flexibility index (Phi) is 5.23. The molecule has 0 spiro atoms. The van der Waals surface area contributed by atoms with Crippen molar-refractivity contribution in [1.29, 1.82) is 5.41 Å². The number of anilines is 1. The molecule has 0 aliphatic heterocycles. The number of rotatable bonds is 4. The zero-order valence-corrected chi connectivity index (χ0v) is 10.5. The molecule has 0 unspecified atom stereocenters. The van der Waals surface area contributed by atoms with Gasteiger partial charge >= 0.3 is 6.18 Å². The molecule has 1 amide bonds. The quantitative estimate of drug-likeness (QED) is 0.346. The number of nitrogens with two attached hydrogens (primary N) is 1. The van der Waals surface area contributed by atoms with Crippen molar-refractivity contribution >= 4 is 17.8 Å². The number of benzene rings is 1. The normalized spacial score (nSPS) is 13.0. The number of amides is 1. The maximum Gasteiger partial charge on any atom is 0.417 e. The van der Waals surface area contributed by atoms with Gasteiger partial charge in [-0.05, 0) is 30.3 Å². The predicted octanol–water partition coefficient (Wildman–Crippen LogP) is 2.75. The van der Waals surface area contributed by atoms with Crippen molar-refractivity contribution in [2.75, 3.05) is 5.32 Å². The van der Waals surface area contributed by atoms with Crippen LogP contribution in [0, 0.1) is 11.2 Å². The average Bonchev–Trinajstić information content (AvgIpc) is 2.41. The fourth-order valence-corrected chi connectivity index (χ4v) is 1.30. The van der Waals surface area contributed by atoms with E-state index in [1.54, 1.807) is 0 Å². The van der Waals surface area contributed by atoms with Crippen LogP contribution in [0.5, 0.6) is 0 Å². The summed E-state index contributed by atoms with van der Waals surface area (Å²) in [6.45, 7) is 0. The maximum atomic E-state index is 12.7. The lowest BCUT2D eigenvalue weighted by atomic mass is 10.1. The van der Waals surface area contributed by atoms with Crippen LogP contribution in [0.2, 0.25) is 0 Å². The lowest BCUT2D eigenvalue weighted by Crippen LogP contribution is -2.18. The van der Waals surface area contributed by atoms with Crippen LogP contribution < -0.4 is 11.1 Å². The fraction of sp³-hybridized carbons (Fsp3) is 0.0769. The van der Waals surface area contributed by atoms with E-state index in [0.717, 1.165) is 12.1 Å². The number of hydrogen-bond donors (Lipinski definition) is 3. The maximum absolute atomic E-state index is 12.7. The Labute approximate surface area is 117 Å². The predicted molar refractivity (Wildman–Crippen MR) is 70.2 cm³/mol. The highest BCUT2D eigenvalue weighted by Gasteiger charge is 2.32. The molecule has 0 saturated carbocycles. The smallest absolute Gasteiger partial charge is 0.404 e. The second kappa shape index (κ2) is 6.69. The number of halogens is 4. The number of carbonyl (C=O) groups excluding carboxylic acids is 1. The first-order chi connectivity index (χ1) is 9.77. The zero-order chi connectivity index (χ0) is 16.0. The molecule has 8 heteroatoms. The monoisotopic (exact) mass is 301 g/mol. The number of alkyl halides is 3. The van der Waals surface area contributed by atoms with E-state index >= 15 is 0 Å². The van der Waals surface area contributed by atoms with Gasteiger partial charge in [0, 0.05) is 18.1 Å². The molecule has 1 aromatic carbocycles. The standard InChI is InChI=1S/C13H11F4N3O/c14-10-1-3-11(4-2-10)20-12(21)8(6-18)5-9(7-19)13(15,16)17/h1-7,19H,18H2,(H,20,21)/b8-6-,9-5+,19-7?. The SMILES string of the molecule is N=C/C(=C\C(=C\N)C(=O)Nc1ccc(F)cc1)C(F)(F)F. The van der Waals surface area contributed by atoms with Gasteiger partial charge in [0.15, 0.2) is 0 Å². The van der Waals surface area contributed by atoms with Crippen molar-refractivity contribution in [3.8, 4) is 0 Å². The molecule has 0 aromatic heterocycles. The Morgan fingerprint density at radius 3 is 2.24 bits per heavy atom. The first kappa shape index (κ1) is 16.4. The van der Waals surface area contributed by atoms with Crippen molar-refractivity contribution in [3.05, 3.63) is 53.5 Å². The molecule has 0 radical (unpaired) electrons. The highest BCUT2D eigenvalue weighted by Crippen LogP contribution is 2.25. The van der Waals surface area contributed by atoms with Gasteiger partial charge in [-0.2, -0.15) is 13.2 Å². The Morgan fingerprint density at radius 1 is 1.24 bits per heavy atom. The summed E-state index contributed by atoms with van der Waals surface area (Å²) in [5.41, 5.74) is 3.52. The van der Waals surface area contributed by atoms with Crippen molar-refractivity contribution in [3.63, 3.8) is 0 Å². The van der Waals surface area contributed by atoms with E-state index in [4.69, 9.17) is 11.1 Å². The third-order valence-electron chi connectivity index (χ3n) is 2.34. The van der Waals surface area contributed by atoms with E-state index in [-0.39, 0.29) is 11.9 Å². The molecule has 112 valence electrons. The lowest BCUT2D eigenvalue weighted by Gasteiger charge is -2.09. The summed E-state index contributed by atoms with van der Waals surface area (Å²) >= 11 is 0. The van der Waals surface area contributed by atoms with Gasteiger partial charge in [0.1, 0.15) is 5.82 Å². The Bertz CT molecular complexity index is 588. The van der Waals surface area contributed by atoms with Crippen LogP contribution in [0.1, 0.15) is 0 Å². The summed E-state index contributed by atoms with van der Waals surface area (Å²) < 4.78 is 50.2. The second-order valence-electron chi connectivity index (χ2n) is 3.82. The van der Waals surface area contributed by atoms with Crippen molar-refractivity contribution < 1.29 is 22.4 Å². The largest absolute Gasteiger partial charge is 0.417 e. The van der Waals surface area contributed by atoms with Gasteiger partial charge < -0.3 is 16.5 Å². The molecular formula is C13H11F4N3O. The third kappa shape index (κ3) is 4.75. The van der Waals surface area contributed by atoms with E-state index in [9.17, 15) is 22.4 Å². The van der Waals surface area contributed by atoms with E-state index in [0.29, 0.717) is 12.3 Å². The molecule has 4 N–H and O–H groups in total. The average molecular weight is 301 g/mol. The van der Waals surface area contributed by atoms with Gasteiger partial charge in [-0.1, -0.05) is 0 Å². The summed E-state index contributed by atoms with van der Waals surface area (Å²) in [6.07, 6.45) is -3.55. The minimum absolute atomic E-state index is 0.0780. The fourth-order valence-electron chi connectivity index (χ4n) is 1.30. The molecule has 4 nitrogen and oxygen atoms in total. The second-order valence-corrected chi connectivity index (χ2v) is 3.82. The van der Waals surface area contributed by atoms with Crippen molar-refractivity contribution in [2.45, 2.75) is 6.18 Å². The molecule has 0 aliphatic rings. The highest BCUT2D eigenvalue weighted by molar-refractivity contribution is 6.06. The molecule has 0 saturated heterocycles. The molecule has 21 heavy (non-hydrogen) atoms. The van der Waals surface area contributed by atoms with Gasteiger partial charge in [-0.25, -0.2) is 4.39 Å². The molecule has 0 fully saturated rings. The zero-order valence-electron chi connectivity index (χ0n) is 10.5. The molecule has 0 atom stereocenters. The van der Waals surface area contributed by atoms with Crippen LogP contribution in [0.4, 0.5) is 23.2 Å². The minimum Gasteiger partial charge on any atom is -0.404 e. The molecule has 0 bridgehead atoms. The van der Waals surface area contributed by atoms with E-state index in [1.165, 1.54) is 12.1 Å². The molecule has 1 rings (SSSR count). The molecular weight excluding hydrogens is 290 g/mol. The first-order valence-electron chi connectivity index (χ1n) is 5.56. The van der Waals surface area contributed by atoms with E-state index in [2.05, 4.69) is 5.32 Å². The van der Waals surface area contributed by atoms with E-state index in [1.807, 2.05) is 0 Å². The summed E-state index contributed by atoms with van der Waals surface area (Å²) in [7, 11) is 0. The van der Waals surface area contributed by atoms with Crippen LogP contribution in [0.15, 0.2) is 47.7 Å². The van der Waals surface area contributed by atoms with Crippen LogP contribution in [0.25, 0.3) is 0 Å². The number of nitrogens with one attached hydrogen (secondary N) is 2. The van der Waals surface area contributed by atoms with Gasteiger partial charge in [0.25, 0.3) is 5.91 Å².